The van der Waals surface area contributed by atoms with E-state index in [1.807, 2.05) is 26.0 Å². The van der Waals surface area contributed by atoms with Crippen LogP contribution in [0.3, 0.4) is 0 Å². The van der Waals surface area contributed by atoms with Crippen LogP contribution in [0, 0.1) is 5.92 Å². The molecule has 37 heavy (non-hydrogen) atoms. The van der Waals surface area contributed by atoms with Gasteiger partial charge in [-0.2, -0.15) is 0 Å². The van der Waals surface area contributed by atoms with Crippen LogP contribution in [0.5, 0.6) is 0 Å². The fraction of sp³-hybridized carbons (Fsp3) is 0.607. The molecule has 3 saturated heterocycles. The van der Waals surface area contributed by atoms with Crippen molar-refractivity contribution < 1.29 is 38.4 Å². The van der Waals surface area contributed by atoms with Crippen molar-refractivity contribution >= 4 is 17.8 Å². The molecular weight excluding hydrogens is 478 g/mol. The second-order valence-corrected chi connectivity index (χ2v) is 10.4. The fourth-order valence-corrected chi connectivity index (χ4v) is 4.78. The van der Waals surface area contributed by atoms with Crippen LogP contribution >= 0.6 is 0 Å². The van der Waals surface area contributed by atoms with Gasteiger partial charge in [0.25, 0.3) is 0 Å². The van der Waals surface area contributed by atoms with Crippen molar-refractivity contribution in [2.45, 2.75) is 96.4 Å². The maximum atomic E-state index is 12.3. The highest BCUT2D eigenvalue weighted by atomic mass is 16.6. The SMILES string of the molecule is CC(=O)OC(C)C=CC(=O)NC1CC(C)C(CC=C(C)C=CC2CC3(CO3)CC(=CC(=O)O)O2)OC1C. The van der Waals surface area contributed by atoms with E-state index in [-0.39, 0.29) is 41.8 Å². The first-order valence-corrected chi connectivity index (χ1v) is 12.8. The summed E-state index contributed by atoms with van der Waals surface area (Å²) in [6.45, 7) is 9.75. The van der Waals surface area contributed by atoms with Gasteiger partial charge in [0.05, 0.1) is 30.9 Å². The quantitative estimate of drug-likeness (QED) is 0.206. The van der Waals surface area contributed by atoms with Gasteiger partial charge in [0.1, 0.15) is 23.6 Å². The summed E-state index contributed by atoms with van der Waals surface area (Å²) in [4.78, 5) is 34.3. The van der Waals surface area contributed by atoms with Gasteiger partial charge in [0.2, 0.25) is 5.91 Å². The van der Waals surface area contributed by atoms with Gasteiger partial charge in [-0.15, -0.1) is 0 Å². The van der Waals surface area contributed by atoms with Gasteiger partial charge in [-0.1, -0.05) is 24.6 Å². The number of rotatable bonds is 9. The first-order chi connectivity index (χ1) is 17.4. The fourth-order valence-electron chi connectivity index (χ4n) is 4.78. The summed E-state index contributed by atoms with van der Waals surface area (Å²) in [6, 6.07) is -0.106. The molecule has 1 spiro atoms. The largest absolute Gasteiger partial charge is 0.490 e. The lowest BCUT2D eigenvalue weighted by atomic mass is 9.88. The molecule has 3 fully saturated rings. The molecule has 0 radical (unpaired) electrons. The van der Waals surface area contributed by atoms with Crippen molar-refractivity contribution in [2.24, 2.45) is 5.92 Å². The molecule has 9 heteroatoms. The predicted molar refractivity (Wildman–Crippen MR) is 136 cm³/mol. The molecule has 3 aliphatic heterocycles. The summed E-state index contributed by atoms with van der Waals surface area (Å²) in [5.41, 5.74) is 0.783. The van der Waals surface area contributed by atoms with E-state index in [2.05, 4.69) is 18.3 Å². The van der Waals surface area contributed by atoms with Gasteiger partial charge in [-0.05, 0) is 51.7 Å². The van der Waals surface area contributed by atoms with E-state index in [1.54, 1.807) is 13.0 Å². The Kier molecular flexibility index (Phi) is 9.73. The molecule has 7 unspecified atom stereocenters. The van der Waals surface area contributed by atoms with E-state index in [9.17, 15) is 14.4 Å². The summed E-state index contributed by atoms with van der Waals surface area (Å²) in [7, 11) is 0. The highest BCUT2D eigenvalue weighted by molar-refractivity contribution is 5.87. The Hall–Kier alpha value is -2.91. The van der Waals surface area contributed by atoms with Crippen molar-refractivity contribution in [3.63, 3.8) is 0 Å². The predicted octanol–water partition coefficient (Wildman–Crippen LogP) is 3.60. The number of hydrogen-bond acceptors (Lipinski definition) is 7. The standard InChI is InChI=1S/C28H39NO8/c1-17(6-9-22-14-28(16-34-28)15-23(37-22)13-27(32)33)7-10-25-18(2)12-24(20(4)36-25)29-26(31)11-8-19(3)35-21(5)30/h6-9,11,13,18-20,22,24-25H,10,12,14-16H2,1-5H3,(H,29,31)(H,32,33). The second kappa shape index (κ2) is 12.6. The number of carboxylic acid groups (broad SMARTS) is 1. The van der Waals surface area contributed by atoms with Crippen LogP contribution < -0.4 is 5.32 Å². The average molecular weight is 518 g/mol. The van der Waals surface area contributed by atoms with E-state index >= 15 is 0 Å². The van der Waals surface area contributed by atoms with Crippen molar-refractivity contribution in [3.05, 3.63) is 47.8 Å². The topological polar surface area (TPSA) is 124 Å². The number of carbonyl (C=O) groups excluding carboxylic acids is 2. The number of aliphatic carboxylic acids is 1. The van der Waals surface area contributed by atoms with Crippen molar-refractivity contribution in [2.75, 3.05) is 6.61 Å². The van der Waals surface area contributed by atoms with Gasteiger partial charge in [0, 0.05) is 25.8 Å². The lowest BCUT2D eigenvalue weighted by molar-refractivity contribution is -0.143. The number of carboxylic acids is 1. The zero-order chi connectivity index (χ0) is 27.2. The minimum absolute atomic E-state index is 0.0326. The summed E-state index contributed by atoms with van der Waals surface area (Å²) < 4.78 is 22.7. The van der Waals surface area contributed by atoms with Gasteiger partial charge in [-0.25, -0.2) is 4.79 Å². The van der Waals surface area contributed by atoms with Crippen molar-refractivity contribution in [3.8, 4) is 0 Å². The molecule has 204 valence electrons. The van der Waals surface area contributed by atoms with Crippen LogP contribution in [0.1, 0.15) is 60.3 Å². The van der Waals surface area contributed by atoms with E-state index in [0.717, 1.165) is 24.5 Å². The number of carbonyl (C=O) groups is 3. The van der Waals surface area contributed by atoms with E-state index in [4.69, 9.17) is 24.1 Å². The van der Waals surface area contributed by atoms with Gasteiger partial charge >= 0.3 is 11.9 Å². The molecule has 0 aromatic carbocycles. The molecule has 3 heterocycles. The first-order valence-electron chi connectivity index (χ1n) is 12.8. The van der Waals surface area contributed by atoms with Crippen LogP contribution in [0.25, 0.3) is 0 Å². The number of esters is 1. The number of ether oxygens (including phenoxy) is 4. The smallest absolute Gasteiger partial charge is 0.331 e. The zero-order valence-corrected chi connectivity index (χ0v) is 22.3. The lowest BCUT2D eigenvalue weighted by Crippen LogP contribution is -2.50. The Morgan fingerprint density at radius 2 is 1.97 bits per heavy atom. The minimum atomic E-state index is -1.02. The first kappa shape index (κ1) is 28.7. The molecule has 3 aliphatic rings. The molecule has 2 N–H and O–H groups in total. The van der Waals surface area contributed by atoms with E-state index in [0.29, 0.717) is 25.2 Å². The molecule has 0 saturated carbocycles. The minimum Gasteiger partial charge on any atom is -0.490 e. The second-order valence-electron chi connectivity index (χ2n) is 10.4. The molecule has 7 atom stereocenters. The van der Waals surface area contributed by atoms with Crippen molar-refractivity contribution in [1.29, 1.82) is 0 Å². The lowest BCUT2D eigenvalue weighted by Gasteiger charge is -2.39. The third kappa shape index (κ3) is 9.16. The zero-order valence-electron chi connectivity index (χ0n) is 22.3. The van der Waals surface area contributed by atoms with Crippen LogP contribution in [0.2, 0.25) is 0 Å². The molecule has 0 bridgehead atoms. The molecule has 3 rings (SSSR count). The van der Waals surface area contributed by atoms with Crippen LogP contribution in [-0.4, -0.2) is 65.6 Å². The third-order valence-corrected chi connectivity index (χ3v) is 6.87. The summed E-state index contributed by atoms with van der Waals surface area (Å²) >= 11 is 0. The van der Waals surface area contributed by atoms with E-state index in [1.165, 1.54) is 13.0 Å². The average Bonchev–Trinajstić information content (AvgIpc) is 3.54. The molecule has 0 aromatic heterocycles. The number of hydrogen-bond donors (Lipinski definition) is 2. The Bertz CT molecular complexity index is 977. The molecule has 0 aromatic rings. The Morgan fingerprint density at radius 3 is 2.62 bits per heavy atom. The number of amides is 1. The van der Waals surface area contributed by atoms with Crippen molar-refractivity contribution in [1.82, 2.24) is 5.32 Å². The molecular formula is C28H39NO8. The molecule has 9 nitrogen and oxygen atoms in total. The summed E-state index contributed by atoms with van der Waals surface area (Å²) in [6.07, 6.45) is 12.1. The van der Waals surface area contributed by atoms with Crippen LogP contribution in [-0.2, 0) is 33.3 Å². The van der Waals surface area contributed by atoms with Gasteiger partial charge < -0.3 is 29.4 Å². The maximum absolute atomic E-state index is 12.3. The number of epoxide rings is 1. The highest BCUT2D eigenvalue weighted by Gasteiger charge is 2.50. The number of nitrogens with one attached hydrogen (secondary N) is 1. The normalized spacial score (nSPS) is 33.9. The Morgan fingerprint density at radius 1 is 1.24 bits per heavy atom. The van der Waals surface area contributed by atoms with Gasteiger partial charge in [-0.3, -0.25) is 9.59 Å². The monoisotopic (exact) mass is 517 g/mol. The molecule has 1 amide bonds. The molecule has 0 aliphatic carbocycles. The third-order valence-electron chi connectivity index (χ3n) is 6.87. The van der Waals surface area contributed by atoms with Crippen LogP contribution in [0.4, 0.5) is 0 Å². The highest BCUT2D eigenvalue weighted by Crippen LogP contribution is 2.43. The summed E-state index contributed by atoms with van der Waals surface area (Å²) in [5, 5.41) is 12.0. The summed E-state index contributed by atoms with van der Waals surface area (Å²) in [5.74, 6) is -0.958. The Balaban J connectivity index is 1.48. The van der Waals surface area contributed by atoms with Crippen LogP contribution in [0.15, 0.2) is 47.8 Å². The maximum Gasteiger partial charge on any atom is 0.331 e. The van der Waals surface area contributed by atoms with E-state index < -0.39 is 18.0 Å². The van der Waals surface area contributed by atoms with Gasteiger partial charge in [0.15, 0.2) is 0 Å². The number of allylic oxidation sites excluding steroid dienone is 2. The Labute approximate surface area is 218 Å².